The number of aromatic nitrogens is 1. The molecule has 1 heterocycles. The van der Waals surface area contributed by atoms with Crippen LogP contribution in [0.15, 0.2) is 24.4 Å². The number of hydrogen-bond acceptors (Lipinski definition) is 2. The molecular weight excluding hydrogens is 200 g/mol. The maximum Gasteiger partial charge on any atom is 0.103 e. The first kappa shape index (κ1) is 9.52. The molecule has 14 heavy (non-hydrogen) atoms. The standard InChI is InChI=1S/C10H11ClN2O/c1-6(14-12)9-5-13-10-4-7(11)2-3-8(9)10/h2-6,13H,12H2,1H3. The Bertz CT molecular complexity index is 452. The average molecular weight is 211 g/mol. The third kappa shape index (κ3) is 1.50. The maximum atomic E-state index is 5.87. The van der Waals surface area contributed by atoms with Crippen molar-refractivity contribution in [2.45, 2.75) is 13.0 Å². The van der Waals surface area contributed by atoms with E-state index in [9.17, 15) is 0 Å². The van der Waals surface area contributed by atoms with Gasteiger partial charge in [-0.05, 0) is 19.1 Å². The zero-order valence-electron chi connectivity index (χ0n) is 7.75. The largest absolute Gasteiger partial charge is 0.361 e. The van der Waals surface area contributed by atoms with Gasteiger partial charge in [0, 0.05) is 27.7 Å². The summed E-state index contributed by atoms with van der Waals surface area (Å²) in [6, 6.07) is 5.69. The summed E-state index contributed by atoms with van der Waals surface area (Å²) in [5, 5.41) is 1.81. The number of fused-ring (bicyclic) bond motifs is 1. The summed E-state index contributed by atoms with van der Waals surface area (Å²) in [7, 11) is 0. The van der Waals surface area contributed by atoms with Crippen LogP contribution in [0.2, 0.25) is 5.02 Å². The van der Waals surface area contributed by atoms with E-state index in [1.807, 2.05) is 31.3 Å². The van der Waals surface area contributed by atoms with Crippen molar-refractivity contribution in [1.82, 2.24) is 4.98 Å². The molecule has 0 spiro atoms. The normalized spacial score (nSPS) is 13.4. The molecule has 2 rings (SSSR count). The van der Waals surface area contributed by atoms with Crippen molar-refractivity contribution in [3.05, 3.63) is 35.0 Å². The van der Waals surface area contributed by atoms with Gasteiger partial charge < -0.3 is 4.98 Å². The molecule has 0 saturated carbocycles. The third-order valence-corrected chi connectivity index (χ3v) is 2.55. The highest BCUT2D eigenvalue weighted by molar-refractivity contribution is 6.31. The lowest BCUT2D eigenvalue weighted by Crippen LogP contribution is -2.04. The van der Waals surface area contributed by atoms with Crippen LogP contribution in [-0.2, 0) is 4.84 Å². The monoisotopic (exact) mass is 210 g/mol. The molecule has 0 aliphatic rings. The van der Waals surface area contributed by atoms with Gasteiger partial charge in [0.25, 0.3) is 0 Å². The van der Waals surface area contributed by atoms with E-state index in [1.165, 1.54) is 0 Å². The molecule has 3 nitrogen and oxygen atoms in total. The summed E-state index contributed by atoms with van der Waals surface area (Å²) >= 11 is 5.87. The molecule has 0 aliphatic heterocycles. The molecule has 1 unspecified atom stereocenters. The summed E-state index contributed by atoms with van der Waals surface area (Å²) in [5.74, 6) is 5.14. The SMILES string of the molecule is CC(ON)c1c[nH]c2cc(Cl)ccc12. The number of rotatable bonds is 2. The fraction of sp³-hybridized carbons (Fsp3) is 0.200. The lowest BCUT2D eigenvalue weighted by atomic mass is 10.1. The van der Waals surface area contributed by atoms with Crippen LogP contribution in [0.5, 0.6) is 0 Å². The summed E-state index contributed by atoms with van der Waals surface area (Å²) in [6.07, 6.45) is 1.77. The van der Waals surface area contributed by atoms with Crippen LogP contribution in [-0.4, -0.2) is 4.98 Å². The Labute approximate surface area is 86.8 Å². The minimum Gasteiger partial charge on any atom is -0.361 e. The van der Waals surface area contributed by atoms with Crippen molar-refractivity contribution in [1.29, 1.82) is 0 Å². The first-order valence-corrected chi connectivity index (χ1v) is 4.72. The van der Waals surface area contributed by atoms with Crippen molar-refractivity contribution in [3.63, 3.8) is 0 Å². The fourth-order valence-corrected chi connectivity index (χ4v) is 1.70. The molecule has 0 aliphatic carbocycles. The third-order valence-electron chi connectivity index (χ3n) is 2.32. The van der Waals surface area contributed by atoms with Gasteiger partial charge in [0.2, 0.25) is 0 Å². The second kappa shape index (κ2) is 3.61. The molecule has 0 saturated heterocycles. The van der Waals surface area contributed by atoms with Gasteiger partial charge in [0.1, 0.15) is 6.10 Å². The minimum absolute atomic E-state index is 0.120. The van der Waals surface area contributed by atoms with Crippen LogP contribution >= 0.6 is 11.6 Å². The Morgan fingerprint density at radius 1 is 1.50 bits per heavy atom. The highest BCUT2D eigenvalue weighted by atomic mass is 35.5. The molecule has 0 bridgehead atoms. The lowest BCUT2D eigenvalue weighted by molar-refractivity contribution is 0.0674. The number of nitrogens with two attached hydrogens (primary N) is 1. The molecule has 1 atom stereocenters. The van der Waals surface area contributed by atoms with Crippen molar-refractivity contribution >= 4 is 22.5 Å². The quantitative estimate of drug-likeness (QED) is 0.749. The molecule has 74 valence electrons. The highest BCUT2D eigenvalue weighted by Gasteiger charge is 2.10. The molecule has 3 N–H and O–H groups in total. The van der Waals surface area contributed by atoms with Crippen molar-refractivity contribution in [2.24, 2.45) is 5.90 Å². The summed E-state index contributed by atoms with van der Waals surface area (Å²) < 4.78 is 0. The van der Waals surface area contributed by atoms with Crippen LogP contribution in [0.4, 0.5) is 0 Å². The molecule has 0 fully saturated rings. The van der Waals surface area contributed by atoms with Gasteiger partial charge in [-0.2, -0.15) is 0 Å². The number of aromatic amines is 1. The van der Waals surface area contributed by atoms with E-state index >= 15 is 0 Å². The van der Waals surface area contributed by atoms with Gasteiger partial charge in [-0.15, -0.1) is 0 Å². The molecule has 0 amide bonds. The van der Waals surface area contributed by atoms with Crippen LogP contribution in [0, 0.1) is 0 Å². The van der Waals surface area contributed by atoms with Gasteiger partial charge in [0.15, 0.2) is 0 Å². The number of H-pyrrole nitrogens is 1. The van der Waals surface area contributed by atoms with Crippen LogP contribution in [0.3, 0.4) is 0 Å². The van der Waals surface area contributed by atoms with Gasteiger partial charge in [0.05, 0.1) is 0 Å². The first-order chi connectivity index (χ1) is 6.72. The van der Waals surface area contributed by atoms with Gasteiger partial charge in [-0.3, -0.25) is 4.84 Å². The Balaban J connectivity index is 2.58. The number of nitrogens with one attached hydrogen (secondary N) is 1. The number of hydrogen-bond donors (Lipinski definition) is 2. The molecule has 1 aromatic carbocycles. The van der Waals surface area contributed by atoms with E-state index < -0.39 is 0 Å². The Morgan fingerprint density at radius 2 is 2.29 bits per heavy atom. The molecule has 4 heteroatoms. The zero-order chi connectivity index (χ0) is 10.1. The van der Waals surface area contributed by atoms with Crippen LogP contribution in [0.25, 0.3) is 10.9 Å². The van der Waals surface area contributed by atoms with E-state index in [-0.39, 0.29) is 6.10 Å². The zero-order valence-corrected chi connectivity index (χ0v) is 8.51. The fourth-order valence-electron chi connectivity index (χ4n) is 1.53. The Morgan fingerprint density at radius 3 is 3.00 bits per heavy atom. The second-order valence-corrected chi connectivity index (χ2v) is 3.65. The molecule has 2 aromatic rings. The highest BCUT2D eigenvalue weighted by Crippen LogP contribution is 2.27. The Hall–Kier alpha value is -1.03. The van der Waals surface area contributed by atoms with E-state index in [1.54, 1.807) is 0 Å². The summed E-state index contributed by atoms with van der Waals surface area (Å²) in [4.78, 5) is 7.90. The van der Waals surface area contributed by atoms with E-state index in [4.69, 9.17) is 22.3 Å². The molecular formula is C10H11ClN2O. The molecule has 1 aromatic heterocycles. The molecule has 0 radical (unpaired) electrons. The Kier molecular flexibility index (Phi) is 2.46. The number of benzene rings is 1. The smallest absolute Gasteiger partial charge is 0.103 e. The van der Waals surface area contributed by atoms with Gasteiger partial charge >= 0.3 is 0 Å². The van der Waals surface area contributed by atoms with Crippen molar-refractivity contribution < 1.29 is 4.84 Å². The predicted octanol–water partition coefficient (Wildman–Crippen LogP) is 2.77. The predicted molar refractivity (Wildman–Crippen MR) is 57.0 cm³/mol. The lowest BCUT2D eigenvalue weighted by Gasteiger charge is -2.06. The second-order valence-electron chi connectivity index (χ2n) is 3.21. The van der Waals surface area contributed by atoms with Crippen molar-refractivity contribution in [3.8, 4) is 0 Å². The number of halogens is 1. The van der Waals surface area contributed by atoms with Crippen LogP contribution in [0.1, 0.15) is 18.6 Å². The van der Waals surface area contributed by atoms with E-state index in [0.29, 0.717) is 5.02 Å². The average Bonchev–Trinajstić information content (AvgIpc) is 2.59. The topological polar surface area (TPSA) is 51.0 Å². The minimum atomic E-state index is -0.120. The van der Waals surface area contributed by atoms with Crippen LogP contribution < -0.4 is 5.90 Å². The van der Waals surface area contributed by atoms with E-state index in [2.05, 4.69) is 4.98 Å². The van der Waals surface area contributed by atoms with Crippen molar-refractivity contribution in [2.75, 3.05) is 0 Å². The summed E-state index contributed by atoms with van der Waals surface area (Å²) in [5.41, 5.74) is 2.04. The maximum absolute atomic E-state index is 5.87. The van der Waals surface area contributed by atoms with E-state index in [0.717, 1.165) is 16.5 Å². The van der Waals surface area contributed by atoms with Gasteiger partial charge in [-0.1, -0.05) is 17.7 Å². The van der Waals surface area contributed by atoms with Gasteiger partial charge in [-0.25, -0.2) is 5.90 Å². The first-order valence-electron chi connectivity index (χ1n) is 4.34. The summed E-state index contributed by atoms with van der Waals surface area (Å²) in [6.45, 7) is 1.90.